The monoisotopic (exact) mass is 620 g/mol. The Morgan fingerprint density at radius 1 is 1.07 bits per heavy atom. The van der Waals surface area contributed by atoms with Gasteiger partial charge in [0.15, 0.2) is 11.2 Å². The van der Waals surface area contributed by atoms with Crippen molar-refractivity contribution >= 4 is 44.9 Å². The molecule has 3 N–H and O–H groups in total. The number of nitrogens with zero attached hydrogens (tertiary/aromatic N) is 2. The molecule has 12 heteroatoms. The minimum Gasteiger partial charge on any atom is -0.480 e. The Kier molecular flexibility index (Phi) is 8.75. The largest absolute Gasteiger partial charge is 0.480 e. The fourth-order valence-electron chi connectivity index (χ4n) is 5.55. The van der Waals surface area contributed by atoms with Gasteiger partial charge in [-0.2, -0.15) is 13.0 Å². The van der Waals surface area contributed by atoms with Crippen molar-refractivity contribution in [2.45, 2.75) is 33.2 Å². The molecule has 3 aromatic rings. The summed E-state index contributed by atoms with van der Waals surface area (Å²) < 4.78 is 45.6. The van der Waals surface area contributed by atoms with E-state index in [4.69, 9.17) is 13.7 Å². The van der Waals surface area contributed by atoms with Gasteiger partial charge in [0.25, 0.3) is 15.6 Å². The Morgan fingerprint density at radius 2 is 1.82 bits per heavy atom. The van der Waals surface area contributed by atoms with Crippen molar-refractivity contribution in [1.29, 1.82) is 0 Å². The second kappa shape index (κ2) is 12.5. The zero-order valence-electron chi connectivity index (χ0n) is 24.4. The molecule has 1 aromatic heterocycles. The Bertz CT molecular complexity index is 1840. The number of carboxylic acid groups (broad SMARTS) is 1. The van der Waals surface area contributed by atoms with E-state index in [0.29, 0.717) is 47.3 Å². The number of para-hydroxylation sites is 4. The molecule has 0 fully saturated rings. The Balaban J connectivity index is 1.52. The number of aliphatic carboxylic acids is 1. The van der Waals surface area contributed by atoms with Crippen molar-refractivity contribution in [1.82, 2.24) is 5.32 Å². The molecule has 44 heavy (non-hydrogen) atoms. The standard InChI is InChI=1S/C32H33N3O8S/c1-3-34-24-9-5-7-11-26(24)42-28(34)15-13-22-19-23(14-16-29-35(4-2)25-10-6-8-12-27(25)43-29)21-32(20-22,31(37)38)30(36)33-17-18-44(39,40)41/h5-16,19H,3-4,17-18,20-21H2,1-2H3,(H2-,33,36,37,38,39,40,41)/p+1. The summed E-state index contributed by atoms with van der Waals surface area (Å²) in [4.78, 5) is 28.2. The Morgan fingerprint density at radius 3 is 2.55 bits per heavy atom. The van der Waals surface area contributed by atoms with Crippen molar-refractivity contribution in [3.63, 3.8) is 0 Å². The number of amides is 1. The van der Waals surface area contributed by atoms with Crippen LogP contribution in [0.25, 0.3) is 17.2 Å². The van der Waals surface area contributed by atoms with Crippen LogP contribution in [0.15, 0.2) is 94.3 Å². The van der Waals surface area contributed by atoms with Gasteiger partial charge in [0.05, 0.1) is 17.5 Å². The van der Waals surface area contributed by atoms with Crippen LogP contribution < -0.4 is 19.5 Å². The zero-order chi connectivity index (χ0) is 31.5. The third-order valence-corrected chi connectivity index (χ3v) is 8.38. The molecule has 11 nitrogen and oxygen atoms in total. The van der Waals surface area contributed by atoms with Crippen LogP contribution in [0.1, 0.15) is 32.6 Å². The van der Waals surface area contributed by atoms with Gasteiger partial charge in [-0.3, -0.25) is 14.1 Å². The minimum absolute atomic E-state index is 0.153. The van der Waals surface area contributed by atoms with Gasteiger partial charge in [-0.15, -0.1) is 0 Å². The molecule has 1 atom stereocenters. The van der Waals surface area contributed by atoms with E-state index in [-0.39, 0.29) is 12.8 Å². The number of hydrogen-bond acceptors (Lipinski definition) is 7. The van der Waals surface area contributed by atoms with E-state index in [1.807, 2.05) is 77.9 Å². The molecule has 0 saturated heterocycles. The van der Waals surface area contributed by atoms with Crippen LogP contribution in [-0.2, 0) is 26.3 Å². The summed E-state index contributed by atoms with van der Waals surface area (Å²) in [5.74, 6) is -1.12. The normalized spacial score (nSPS) is 20.2. The molecule has 0 bridgehead atoms. The van der Waals surface area contributed by atoms with Crippen molar-refractivity contribution < 1.29 is 41.4 Å². The molecule has 1 aliphatic carbocycles. The van der Waals surface area contributed by atoms with E-state index in [1.54, 1.807) is 24.3 Å². The average molecular weight is 621 g/mol. The van der Waals surface area contributed by atoms with Gasteiger partial charge in [-0.25, -0.2) is 0 Å². The van der Waals surface area contributed by atoms with Gasteiger partial charge in [0.2, 0.25) is 17.4 Å². The van der Waals surface area contributed by atoms with Crippen LogP contribution in [0.2, 0.25) is 0 Å². The number of carbonyl (C=O) groups is 2. The number of allylic oxidation sites excluding steroid dienone is 6. The highest BCUT2D eigenvalue weighted by Gasteiger charge is 2.48. The Labute approximate surface area is 255 Å². The van der Waals surface area contributed by atoms with Crippen LogP contribution in [0, 0.1) is 5.41 Å². The van der Waals surface area contributed by atoms with Crippen LogP contribution in [0.4, 0.5) is 5.69 Å². The number of nitrogens with one attached hydrogen (secondary N) is 1. The van der Waals surface area contributed by atoms with E-state index in [2.05, 4.69) is 5.32 Å². The lowest BCUT2D eigenvalue weighted by Crippen LogP contribution is -2.49. The van der Waals surface area contributed by atoms with Crippen LogP contribution >= 0.6 is 0 Å². The van der Waals surface area contributed by atoms with Gasteiger partial charge >= 0.3 is 11.9 Å². The number of carboxylic acids is 1. The number of benzene rings is 2. The smallest absolute Gasteiger partial charge is 0.374 e. The number of aromatic nitrogens is 1. The van der Waals surface area contributed by atoms with E-state index in [1.165, 1.54) is 0 Å². The molecule has 2 aromatic carbocycles. The van der Waals surface area contributed by atoms with Crippen LogP contribution in [-0.4, -0.2) is 48.8 Å². The minimum atomic E-state index is -4.35. The number of oxazole rings is 1. The van der Waals surface area contributed by atoms with Crippen molar-refractivity contribution in [2.24, 2.45) is 5.41 Å². The second-order valence-electron chi connectivity index (χ2n) is 10.5. The number of ether oxygens (including phenoxy) is 1. The average Bonchev–Trinajstić information content (AvgIpc) is 3.55. The SMILES string of the molecule is CCN1/C(=C/C=C2C=C(/C=C/c3oc4ccccc4[n+]3CC)CC(C(=O)O)(C(=O)NCCS(=O)(=O)O)C/2)Oc2ccccc21. The van der Waals surface area contributed by atoms with Gasteiger partial charge in [0.1, 0.15) is 6.54 Å². The summed E-state index contributed by atoms with van der Waals surface area (Å²) in [6.45, 7) is 4.82. The fourth-order valence-corrected chi connectivity index (χ4v) is 5.91. The lowest BCUT2D eigenvalue weighted by atomic mass is 9.71. The quantitative estimate of drug-likeness (QED) is 0.172. The van der Waals surface area contributed by atoms with Gasteiger partial charge in [-0.05, 0) is 68.2 Å². The summed E-state index contributed by atoms with van der Waals surface area (Å²) in [5.41, 5.74) is 1.70. The lowest BCUT2D eigenvalue weighted by molar-refractivity contribution is -0.674. The first-order chi connectivity index (χ1) is 21.0. The molecule has 1 aliphatic heterocycles. The highest BCUT2D eigenvalue weighted by Crippen LogP contribution is 2.42. The lowest BCUT2D eigenvalue weighted by Gasteiger charge is -2.32. The highest BCUT2D eigenvalue weighted by molar-refractivity contribution is 7.85. The second-order valence-corrected chi connectivity index (χ2v) is 12.1. The maximum absolute atomic E-state index is 13.4. The summed E-state index contributed by atoms with van der Waals surface area (Å²) in [7, 11) is -4.35. The molecule has 230 valence electrons. The number of fused-ring (bicyclic) bond motifs is 2. The highest BCUT2D eigenvalue weighted by atomic mass is 32.2. The number of hydrogen-bond donors (Lipinski definition) is 3. The third kappa shape index (κ3) is 6.31. The first kappa shape index (κ1) is 30.8. The summed E-state index contributed by atoms with van der Waals surface area (Å²) in [6, 6.07) is 15.2. The zero-order valence-corrected chi connectivity index (χ0v) is 25.2. The van der Waals surface area contributed by atoms with Gasteiger partial charge in [0, 0.05) is 19.2 Å². The predicted octanol–water partition coefficient (Wildman–Crippen LogP) is 4.24. The van der Waals surface area contributed by atoms with Crippen molar-refractivity contribution in [3.05, 3.63) is 95.8 Å². The third-order valence-electron chi connectivity index (χ3n) is 7.66. The van der Waals surface area contributed by atoms with Crippen LogP contribution in [0.3, 0.4) is 0 Å². The van der Waals surface area contributed by atoms with Gasteiger partial charge < -0.3 is 24.5 Å². The molecule has 2 aliphatic rings. The Hall–Kier alpha value is -4.68. The van der Waals surface area contributed by atoms with Crippen molar-refractivity contribution in [2.75, 3.05) is 23.7 Å². The molecule has 1 amide bonds. The number of rotatable bonds is 10. The molecule has 0 radical (unpaired) electrons. The number of carbonyl (C=O) groups excluding carboxylic acids is 1. The summed E-state index contributed by atoms with van der Waals surface area (Å²) in [6.07, 6.45) is 8.47. The van der Waals surface area contributed by atoms with Crippen molar-refractivity contribution in [3.8, 4) is 5.75 Å². The molecule has 5 rings (SSSR count). The molecule has 0 saturated carbocycles. The molecule has 2 heterocycles. The predicted molar refractivity (Wildman–Crippen MR) is 164 cm³/mol. The summed E-state index contributed by atoms with van der Waals surface area (Å²) in [5, 5.41) is 12.8. The molecular formula is C32H34N3O8S+. The number of aryl methyl sites for hydroxylation is 1. The van der Waals surface area contributed by atoms with Gasteiger partial charge in [-0.1, -0.05) is 36.4 Å². The first-order valence-electron chi connectivity index (χ1n) is 14.3. The molecular weight excluding hydrogens is 586 g/mol. The first-order valence-corrected chi connectivity index (χ1v) is 15.9. The van der Waals surface area contributed by atoms with Crippen LogP contribution in [0.5, 0.6) is 5.75 Å². The van der Waals surface area contributed by atoms with E-state index in [0.717, 1.165) is 11.2 Å². The van der Waals surface area contributed by atoms with E-state index >= 15 is 0 Å². The summed E-state index contributed by atoms with van der Waals surface area (Å²) >= 11 is 0. The molecule has 0 spiro atoms. The van der Waals surface area contributed by atoms with E-state index in [9.17, 15) is 23.1 Å². The topological polar surface area (TPSA) is 150 Å². The molecule has 1 unspecified atom stereocenters. The fraction of sp³-hybridized carbons (Fsp3) is 0.281. The number of anilines is 1. The maximum atomic E-state index is 13.4. The maximum Gasteiger partial charge on any atom is 0.374 e. The van der Waals surface area contributed by atoms with E-state index < -0.39 is 39.7 Å².